The molecule has 0 aromatic heterocycles. The average molecular weight is 171 g/mol. The minimum atomic E-state index is 0. The van der Waals surface area contributed by atoms with E-state index >= 15 is 0 Å². The van der Waals surface area contributed by atoms with Crippen LogP contribution in [0, 0.1) is 0 Å². The maximum absolute atomic E-state index is 9.59. The lowest BCUT2D eigenvalue weighted by Crippen LogP contribution is -1.80. The fourth-order valence-corrected chi connectivity index (χ4v) is 0.702. The normalized spacial score (nSPS) is 7.64. The zero-order valence-corrected chi connectivity index (χ0v) is 6.18. The molecular weight excluding hydrogens is 154 g/mol. The summed E-state index contributed by atoms with van der Waals surface area (Å²) in [4.78, 5) is 13.0. The van der Waals surface area contributed by atoms with Gasteiger partial charge in [0.1, 0.15) is 0 Å². The predicted octanol–water partition coefficient (Wildman–Crippen LogP) is 0.617. The molecule has 3 heteroatoms. The number of rotatable bonds is 6. The van der Waals surface area contributed by atoms with Gasteiger partial charge in [-0.15, -0.1) is 6.58 Å². The van der Waals surface area contributed by atoms with Gasteiger partial charge in [0.05, 0.1) is 6.54 Å². The Morgan fingerprint density at radius 2 is 2.09 bits per heavy atom. The molecule has 0 rings (SSSR count). The summed E-state index contributed by atoms with van der Waals surface area (Å²) in [5, 5.41) is 0. The molecule has 0 N–H and O–H groups in total. The molecule has 2 nitrogen and oxygen atoms in total. The summed E-state index contributed by atoms with van der Waals surface area (Å²) >= 11 is 0. The first kappa shape index (κ1) is 13.0. The fourth-order valence-electron chi connectivity index (χ4n) is 0.702. The Hall–Kier alpha value is -0.663. The van der Waals surface area contributed by atoms with Gasteiger partial charge in [-0.1, -0.05) is 12.5 Å². The van der Waals surface area contributed by atoms with Crippen LogP contribution in [0.25, 0.3) is 0 Å². The zero-order valence-electron chi connectivity index (χ0n) is 6.18. The quantitative estimate of drug-likeness (QED) is 0.189. The number of isocyanates is 1. The number of carbonyl (C=O) groups excluding carboxylic acids is 1. The molecule has 11 heavy (non-hydrogen) atoms. The van der Waals surface area contributed by atoms with Gasteiger partial charge >= 0.3 is 0 Å². The fraction of sp³-hybridized carbons (Fsp3) is 0.625. The largest absolute Gasteiger partial charge is 0.234 e. The van der Waals surface area contributed by atoms with Crippen LogP contribution in [-0.4, -0.2) is 23.6 Å². The Morgan fingerprint density at radius 3 is 2.64 bits per heavy atom. The molecule has 64 valence electrons. The highest BCUT2D eigenvalue weighted by Crippen LogP contribution is 1.99. The van der Waals surface area contributed by atoms with Crippen molar-refractivity contribution in [2.24, 2.45) is 4.99 Å². The van der Waals surface area contributed by atoms with Crippen molar-refractivity contribution in [3.8, 4) is 0 Å². The second-order valence-corrected chi connectivity index (χ2v) is 2.11. The molecule has 0 atom stereocenters. The summed E-state index contributed by atoms with van der Waals surface area (Å²) in [7, 11) is 0. The lowest BCUT2D eigenvalue weighted by molar-refractivity contribution is 0.561. The third-order valence-electron chi connectivity index (χ3n) is 1.24. The molecular formula is C8H17NOSi. The van der Waals surface area contributed by atoms with Crippen molar-refractivity contribution in [3.63, 3.8) is 0 Å². The first-order valence-electron chi connectivity index (χ1n) is 3.56. The third-order valence-corrected chi connectivity index (χ3v) is 1.24. The van der Waals surface area contributed by atoms with Crippen LogP contribution in [0.15, 0.2) is 17.6 Å². The maximum atomic E-state index is 9.59. The third kappa shape index (κ3) is 12.5. The van der Waals surface area contributed by atoms with Gasteiger partial charge in [-0.3, -0.25) is 0 Å². The molecule has 0 radical (unpaired) electrons. The van der Waals surface area contributed by atoms with E-state index in [2.05, 4.69) is 11.6 Å². The summed E-state index contributed by atoms with van der Waals surface area (Å²) in [6, 6.07) is 0. The first-order chi connectivity index (χ1) is 4.91. The highest BCUT2D eigenvalue weighted by molar-refractivity contribution is 5.75. The standard InChI is InChI=1S/C8H13NO.H4Si/c1-2-3-4-5-6-7-9-8-10;/h2H,1,3-7H2;1H4. The predicted molar refractivity (Wildman–Crippen MR) is 53.0 cm³/mol. The number of hydrogen-bond donors (Lipinski definition) is 0. The number of hydrogen-bond acceptors (Lipinski definition) is 2. The monoisotopic (exact) mass is 171 g/mol. The minimum Gasteiger partial charge on any atom is -0.211 e. The molecule has 0 aromatic carbocycles. The van der Waals surface area contributed by atoms with E-state index in [4.69, 9.17) is 0 Å². The number of allylic oxidation sites excluding steroid dienone is 1. The molecule has 0 aliphatic carbocycles. The van der Waals surface area contributed by atoms with Crippen LogP contribution in [0.4, 0.5) is 0 Å². The van der Waals surface area contributed by atoms with Crippen molar-refractivity contribution in [1.29, 1.82) is 0 Å². The summed E-state index contributed by atoms with van der Waals surface area (Å²) in [6.45, 7) is 4.23. The number of aliphatic imine (C=N–C) groups is 1. The molecule has 0 unspecified atom stereocenters. The van der Waals surface area contributed by atoms with Gasteiger partial charge in [0.15, 0.2) is 0 Å². The highest BCUT2D eigenvalue weighted by atomic mass is 28.1. The zero-order chi connectivity index (χ0) is 7.66. The smallest absolute Gasteiger partial charge is 0.211 e. The Kier molecular flexibility index (Phi) is 14.2. The topological polar surface area (TPSA) is 29.4 Å². The Labute approximate surface area is 72.4 Å². The van der Waals surface area contributed by atoms with Crippen LogP contribution < -0.4 is 0 Å². The van der Waals surface area contributed by atoms with Gasteiger partial charge < -0.3 is 0 Å². The lowest BCUT2D eigenvalue weighted by atomic mass is 10.2. The molecule has 0 aromatic rings. The van der Waals surface area contributed by atoms with E-state index in [0.29, 0.717) is 6.54 Å². The van der Waals surface area contributed by atoms with Crippen molar-refractivity contribution in [1.82, 2.24) is 0 Å². The Morgan fingerprint density at radius 1 is 1.36 bits per heavy atom. The van der Waals surface area contributed by atoms with E-state index < -0.39 is 0 Å². The molecule has 0 saturated carbocycles. The van der Waals surface area contributed by atoms with Crippen molar-refractivity contribution in [2.45, 2.75) is 25.7 Å². The molecule has 0 heterocycles. The van der Waals surface area contributed by atoms with Crippen LogP contribution >= 0.6 is 0 Å². The second kappa shape index (κ2) is 12.1. The van der Waals surface area contributed by atoms with E-state index in [9.17, 15) is 4.79 Å². The molecule has 0 aliphatic heterocycles. The van der Waals surface area contributed by atoms with E-state index in [0.717, 1.165) is 25.7 Å². The molecule has 0 bridgehead atoms. The van der Waals surface area contributed by atoms with E-state index in [1.165, 1.54) is 6.08 Å². The molecule has 0 saturated heterocycles. The Bertz CT molecular complexity index is 130. The molecule has 0 aliphatic rings. The van der Waals surface area contributed by atoms with Gasteiger partial charge in [0.25, 0.3) is 0 Å². The van der Waals surface area contributed by atoms with Crippen molar-refractivity contribution in [2.75, 3.05) is 6.54 Å². The maximum Gasteiger partial charge on any atom is 0.234 e. The van der Waals surface area contributed by atoms with Crippen LogP contribution in [0.5, 0.6) is 0 Å². The van der Waals surface area contributed by atoms with Crippen LogP contribution in [0.1, 0.15) is 25.7 Å². The molecule has 0 fully saturated rings. The summed E-state index contributed by atoms with van der Waals surface area (Å²) in [6.07, 6.45) is 7.74. The summed E-state index contributed by atoms with van der Waals surface area (Å²) < 4.78 is 0. The summed E-state index contributed by atoms with van der Waals surface area (Å²) in [5.74, 6) is 0. The van der Waals surface area contributed by atoms with E-state index in [1.54, 1.807) is 0 Å². The molecule has 0 spiro atoms. The van der Waals surface area contributed by atoms with E-state index in [1.807, 2.05) is 6.08 Å². The number of unbranched alkanes of at least 4 members (excludes halogenated alkanes) is 3. The Balaban J connectivity index is 0. The summed E-state index contributed by atoms with van der Waals surface area (Å²) in [5.41, 5.74) is 0. The van der Waals surface area contributed by atoms with E-state index in [-0.39, 0.29) is 11.0 Å². The van der Waals surface area contributed by atoms with Crippen LogP contribution in [0.3, 0.4) is 0 Å². The van der Waals surface area contributed by atoms with Gasteiger partial charge in [0, 0.05) is 0 Å². The van der Waals surface area contributed by atoms with Crippen molar-refractivity contribution in [3.05, 3.63) is 12.7 Å². The second-order valence-electron chi connectivity index (χ2n) is 2.11. The first-order valence-corrected chi connectivity index (χ1v) is 3.56. The average Bonchev–Trinajstić information content (AvgIpc) is 1.97. The minimum absolute atomic E-state index is 0. The van der Waals surface area contributed by atoms with Crippen molar-refractivity contribution >= 4 is 17.0 Å². The van der Waals surface area contributed by atoms with Gasteiger partial charge in [-0.25, -0.2) is 9.79 Å². The van der Waals surface area contributed by atoms with Gasteiger partial charge in [-0.2, -0.15) is 0 Å². The van der Waals surface area contributed by atoms with Crippen LogP contribution in [0.2, 0.25) is 0 Å². The van der Waals surface area contributed by atoms with Crippen LogP contribution in [-0.2, 0) is 4.79 Å². The highest BCUT2D eigenvalue weighted by Gasteiger charge is 1.84. The SMILES string of the molecule is C=CCCCCCN=C=O.[SiH4]. The van der Waals surface area contributed by atoms with Gasteiger partial charge in [-0.05, 0) is 30.2 Å². The molecule has 0 amide bonds. The lowest BCUT2D eigenvalue weighted by Gasteiger charge is -1.91. The van der Waals surface area contributed by atoms with Crippen molar-refractivity contribution < 1.29 is 4.79 Å². The van der Waals surface area contributed by atoms with Gasteiger partial charge in [0.2, 0.25) is 6.08 Å². The number of nitrogens with zero attached hydrogens (tertiary/aromatic N) is 1.